The zero-order chi connectivity index (χ0) is 52.5. The van der Waals surface area contributed by atoms with Crippen LogP contribution >= 0.6 is 0 Å². The van der Waals surface area contributed by atoms with E-state index in [2.05, 4.69) is 223 Å². The van der Waals surface area contributed by atoms with Gasteiger partial charge in [-0.25, -0.2) is 8.78 Å². The summed E-state index contributed by atoms with van der Waals surface area (Å²) in [5, 5.41) is 6.12. The molecule has 0 heterocycles. The van der Waals surface area contributed by atoms with Crippen LogP contribution < -0.4 is 9.80 Å². The predicted molar refractivity (Wildman–Crippen MR) is 319 cm³/mol. The Balaban J connectivity index is 1.12. The largest absolute Gasteiger partial charge is 0.307 e. The molecule has 0 amide bonds. The van der Waals surface area contributed by atoms with Gasteiger partial charge in [-0.3, -0.25) is 0 Å². The van der Waals surface area contributed by atoms with Gasteiger partial charge in [0, 0.05) is 22.1 Å². The van der Waals surface area contributed by atoms with Crippen LogP contribution in [-0.2, 0) is 0 Å². The molecule has 0 aliphatic rings. The number of para-hydroxylation sites is 2. The van der Waals surface area contributed by atoms with Gasteiger partial charge < -0.3 is 9.80 Å². The average Bonchev–Trinajstić information content (AvgIpc) is 3.55. The van der Waals surface area contributed by atoms with Crippen LogP contribution in [0.15, 0.2) is 206 Å². The Morgan fingerprint density at radius 1 is 0.250 bits per heavy atom. The number of benzene rings is 12. The molecule has 0 unspecified atom stereocenters. The van der Waals surface area contributed by atoms with Gasteiger partial charge in [-0.15, -0.1) is 0 Å². The smallest absolute Gasteiger partial charge is 0.147 e. The highest BCUT2D eigenvalue weighted by Gasteiger charge is 2.26. The summed E-state index contributed by atoms with van der Waals surface area (Å²) >= 11 is 0. The Hall–Kier alpha value is -8.86. The van der Waals surface area contributed by atoms with E-state index in [0.717, 1.165) is 99.6 Å². The first-order valence-electron chi connectivity index (χ1n) is 26.2. The number of rotatable bonds is 10. The number of nitrogens with zero attached hydrogens (tertiary/aromatic N) is 2. The first-order valence-corrected chi connectivity index (χ1v) is 26.2. The highest BCUT2D eigenvalue weighted by molar-refractivity contribution is 6.28. The molecule has 4 heteroatoms. The molecule has 0 saturated carbocycles. The van der Waals surface area contributed by atoms with Gasteiger partial charge in [-0.1, -0.05) is 178 Å². The minimum atomic E-state index is -0.330. The van der Waals surface area contributed by atoms with E-state index in [1.807, 2.05) is 24.3 Å². The minimum absolute atomic E-state index is 0.330. The molecule has 0 aliphatic heterocycles. The first-order chi connectivity index (χ1) is 36.7. The lowest BCUT2D eigenvalue weighted by atomic mass is 9.91. The predicted octanol–water partition coefficient (Wildman–Crippen LogP) is 20.9. The maximum atomic E-state index is 16.8. The van der Waals surface area contributed by atoms with E-state index in [-0.39, 0.29) is 11.6 Å². The Bertz CT molecular complexity index is 3770. The Labute approximate surface area is 445 Å². The van der Waals surface area contributed by atoms with E-state index in [0.29, 0.717) is 11.4 Å². The second-order valence-electron chi connectivity index (χ2n) is 21.2. The van der Waals surface area contributed by atoms with Crippen LogP contribution in [0.2, 0.25) is 0 Å². The van der Waals surface area contributed by atoms with Crippen LogP contribution in [0.4, 0.5) is 42.9 Å². The van der Waals surface area contributed by atoms with Gasteiger partial charge in [0.2, 0.25) is 0 Å². The highest BCUT2D eigenvalue weighted by atomic mass is 19.1. The lowest BCUT2D eigenvalue weighted by Gasteiger charge is -2.30. The van der Waals surface area contributed by atoms with E-state index in [1.54, 1.807) is 24.3 Å². The molecule has 2 nitrogen and oxygen atoms in total. The molecule has 370 valence electrons. The van der Waals surface area contributed by atoms with E-state index in [1.165, 1.54) is 44.5 Å². The first kappa shape index (κ1) is 48.1. The van der Waals surface area contributed by atoms with E-state index < -0.39 is 0 Å². The number of halogens is 2. The Kier molecular flexibility index (Phi) is 12.1. The summed E-state index contributed by atoms with van der Waals surface area (Å²) < 4.78 is 33.7. The zero-order valence-corrected chi connectivity index (χ0v) is 44.3. The number of hydrogen-bond acceptors (Lipinski definition) is 2. The van der Waals surface area contributed by atoms with Crippen molar-refractivity contribution < 1.29 is 8.78 Å². The van der Waals surface area contributed by atoms with Gasteiger partial charge in [-0.2, -0.15) is 0 Å². The van der Waals surface area contributed by atoms with Crippen molar-refractivity contribution in [2.45, 2.75) is 55.4 Å². The van der Waals surface area contributed by atoms with Crippen LogP contribution in [-0.4, -0.2) is 0 Å². The number of aryl methyl sites for hydroxylation is 8. The van der Waals surface area contributed by atoms with Gasteiger partial charge in [0.1, 0.15) is 11.6 Å². The fraction of sp³-hybridized carbons (Fsp3) is 0.111. The lowest BCUT2D eigenvalue weighted by Crippen LogP contribution is -2.13. The van der Waals surface area contributed by atoms with Crippen LogP contribution in [0.1, 0.15) is 44.5 Å². The summed E-state index contributed by atoms with van der Waals surface area (Å²) in [6.45, 7) is 17.1. The Morgan fingerprint density at radius 2 is 0.513 bits per heavy atom. The zero-order valence-electron chi connectivity index (χ0n) is 44.3. The molecular weight excluding hydrogens is 931 g/mol. The summed E-state index contributed by atoms with van der Waals surface area (Å²) in [5.74, 6) is -0.659. The van der Waals surface area contributed by atoms with Crippen molar-refractivity contribution in [3.8, 4) is 44.5 Å². The second kappa shape index (κ2) is 19.1. The molecular formula is C72H58F2N2. The van der Waals surface area contributed by atoms with Gasteiger partial charge in [0.25, 0.3) is 0 Å². The Morgan fingerprint density at radius 3 is 0.803 bits per heavy atom. The van der Waals surface area contributed by atoms with Gasteiger partial charge >= 0.3 is 0 Å². The van der Waals surface area contributed by atoms with Crippen molar-refractivity contribution >= 4 is 66.4 Å². The third-order valence-corrected chi connectivity index (χ3v) is 14.9. The fourth-order valence-corrected chi connectivity index (χ4v) is 12.0. The number of hydrogen-bond donors (Lipinski definition) is 0. The van der Waals surface area contributed by atoms with E-state index in [4.69, 9.17) is 0 Å². The standard InChI is InChI=1S/C72H58F2N2/c1-43-25-44(2)30-53(29-43)57-37-58(54-31-45(3)26-46(4)32-54)40-61(39-57)75(69-15-11-9-13-65(69)73)67-23-19-51-18-22-64-68(24-20-52-17-21-63(67)71(51)72(52)64)76(70-16-12-10-14-66(70)74)62-41-59(55-33-47(5)27-48(6)34-55)38-60(42-62)56-35-49(7)28-50(8)36-56/h9-42H,1-8H3. The maximum absolute atomic E-state index is 16.8. The van der Waals surface area contributed by atoms with Crippen molar-refractivity contribution in [3.63, 3.8) is 0 Å². The van der Waals surface area contributed by atoms with Crippen molar-refractivity contribution in [2.75, 3.05) is 9.80 Å². The van der Waals surface area contributed by atoms with Gasteiger partial charge in [-0.05, 0) is 194 Å². The van der Waals surface area contributed by atoms with Crippen molar-refractivity contribution in [1.29, 1.82) is 0 Å². The summed E-state index contributed by atoms with van der Waals surface area (Å²) in [6.07, 6.45) is 0. The molecule has 12 aromatic carbocycles. The van der Waals surface area contributed by atoms with Crippen LogP contribution in [0.25, 0.3) is 76.8 Å². The number of anilines is 6. The molecule has 0 aromatic heterocycles. The second-order valence-corrected chi connectivity index (χ2v) is 21.2. The minimum Gasteiger partial charge on any atom is -0.307 e. The highest BCUT2D eigenvalue weighted by Crippen LogP contribution is 2.50. The van der Waals surface area contributed by atoms with Gasteiger partial charge in [0.05, 0.1) is 22.7 Å². The third kappa shape index (κ3) is 8.94. The summed E-state index contributed by atoms with van der Waals surface area (Å²) in [4.78, 5) is 4.19. The van der Waals surface area contributed by atoms with Crippen molar-refractivity contribution in [2.24, 2.45) is 0 Å². The molecule has 0 aliphatic carbocycles. The molecule has 0 N–H and O–H groups in total. The van der Waals surface area contributed by atoms with E-state index >= 15 is 8.78 Å². The summed E-state index contributed by atoms with van der Waals surface area (Å²) in [5.41, 5.74) is 22.2. The molecule has 0 spiro atoms. The quantitative estimate of drug-likeness (QED) is 0.126. The molecule has 0 atom stereocenters. The van der Waals surface area contributed by atoms with Gasteiger partial charge in [0.15, 0.2) is 0 Å². The summed E-state index contributed by atoms with van der Waals surface area (Å²) in [7, 11) is 0. The average molecular weight is 989 g/mol. The van der Waals surface area contributed by atoms with Crippen LogP contribution in [0, 0.1) is 67.0 Å². The van der Waals surface area contributed by atoms with Crippen LogP contribution in [0.3, 0.4) is 0 Å². The normalized spacial score (nSPS) is 11.6. The maximum Gasteiger partial charge on any atom is 0.147 e. The van der Waals surface area contributed by atoms with Crippen LogP contribution in [0.5, 0.6) is 0 Å². The molecule has 0 radical (unpaired) electrons. The molecule has 0 fully saturated rings. The monoisotopic (exact) mass is 988 g/mol. The SMILES string of the molecule is Cc1cc(C)cc(-c2cc(-c3cc(C)cc(C)c3)cc(N(c3ccccc3F)c3ccc4ccc5c(N(c6cc(-c7cc(C)cc(C)c7)cc(-c7cc(C)cc(C)c7)c6)c6ccccc6F)ccc6ccc3c4c65)c2)c1. The molecule has 12 aromatic rings. The third-order valence-electron chi connectivity index (χ3n) is 14.9. The van der Waals surface area contributed by atoms with Crippen molar-refractivity contribution in [3.05, 3.63) is 262 Å². The fourth-order valence-electron chi connectivity index (χ4n) is 12.0. The molecule has 0 saturated heterocycles. The molecule has 12 rings (SSSR count). The summed E-state index contributed by atoms with van der Waals surface area (Å²) in [6, 6.07) is 71.4. The molecule has 76 heavy (non-hydrogen) atoms. The topological polar surface area (TPSA) is 6.48 Å². The van der Waals surface area contributed by atoms with Crippen molar-refractivity contribution in [1.82, 2.24) is 0 Å². The lowest BCUT2D eigenvalue weighted by molar-refractivity contribution is 0.628. The molecule has 0 bridgehead atoms. The van der Waals surface area contributed by atoms with E-state index in [9.17, 15) is 0 Å².